The van der Waals surface area contributed by atoms with E-state index in [0.717, 1.165) is 15.4 Å². The van der Waals surface area contributed by atoms with Gasteiger partial charge in [-0.05, 0) is 63.1 Å². The van der Waals surface area contributed by atoms with Crippen molar-refractivity contribution in [2.45, 2.75) is 51.2 Å². The average Bonchev–Trinajstić information content (AvgIpc) is 2.86. The number of aryl methyl sites for hydroxylation is 1. The summed E-state index contributed by atoms with van der Waals surface area (Å²) < 4.78 is 28.5. The molecular weight excluding hydrogens is 474 g/mol. The van der Waals surface area contributed by atoms with Crippen molar-refractivity contribution >= 4 is 27.5 Å². The molecule has 3 aromatic rings. The second kappa shape index (κ2) is 11.9. The molecular formula is C28H33N3O4S. The minimum absolute atomic E-state index is 0.0829. The van der Waals surface area contributed by atoms with E-state index in [0.29, 0.717) is 5.69 Å². The quantitative estimate of drug-likeness (QED) is 0.447. The standard InChI is InChI=1S/C28H33N3O4S/c1-21(2)29-28(33)23(4)30(19-24-13-7-5-8-14-24)27(32)20-31(25-15-11-12-22(3)18-25)36(34,35)26-16-9-6-10-17-26/h5-18,21,23H,19-20H2,1-4H3,(H,29,33)/t23-/m0/s1. The van der Waals surface area contributed by atoms with E-state index in [-0.39, 0.29) is 23.4 Å². The van der Waals surface area contributed by atoms with Crippen LogP contribution in [0.3, 0.4) is 0 Å². The summed E-state index contributed by atoms with van der Waals surface area (Å²) in [7, 11) is -4.05. The van der Waals surface area contributed by atoms with Crippen molar-refractivity contribution in [2.24, 2.45) is 0 Å². The lowest BCUT2D eigenvalue weighted by atomic mass is 10.1. The number of amides is 2. The van der Waals surface area contributed by atoms with Gasteiger partial charge >= 0.3 is 0 Å². The fourth-order valence-electron chi connectivity index (χ4n) is 3.80. The molecule has 0 aromatic heterocycles. The Morgan fingerprint density at radius 1 is 0.861 bits per heavy atom. The first kappa shape index (κ1) is 26.9. The number of nitrogens with one attached hydrogen (secondary N) is 1. The molecule has 0 saturated heterocycles. The Balaban J connectivity index is 2.01. The van der Waals surface area contributed by atoms with Gasteiger partial charge in [0.25, 0.3) is 10.0 Å². The zero-order valence-electron chi connectivity index (χ0n) is 21.1. The molecule has 1 atom stereocenters. The van der Waals surface area contributed by atoms with Gasteiger partial charge in [-0.15, -0.1) is 0 Å². The van der Waals surface area contributed by atoms with Crippen molar-refractivity contribution in [3.05, 3.63) is 96.1 Å². The van der Waals surface area contributed by atoms with Crippen molar-refractivity contribution in [2.75, 3.05) is 10.8 Å². The monoisotopic (exact) mass is 507 g/mol. The van der Waals surface area contributed by atoms with Gasteiger partial charge in [0, 0.05) is 12.6 Å². The lowest BCUT2D eigenvalue weighted by Crippen LogP contribution is -2.52. The molecule has 0 heterocycles. The Morgan fingerprint density at radius 2 is 1.47 bits per heavy atom. The van der Waals surface area contributed by atoms with Gasteiger partial charge in [-0.3, -0.25) is 13.9 Å². The molecule has 0 aliphatic rings. The highest BCUT2D eigenvalue weighted by Crippen LogP contribution is 2.25. The minimum atomic E-state index is -4.05. The van der Waals surface area contributed by atoms with Crippen LogP contribution in [0.2, 0.25) is 0 Å². The van der Waals surface area contributed by atoms with Gasteiger partial charge in [0.1, 0.15) is 12.6 Å². The van der Waals surface area contributed by atoms with Crippen molar-refractivity contribution in [3.8, 4) is 0 Å². The topological polar surface area (TPSA) is 86.8 Å². The number of carbonyl (C=O) groups excluding carboxylic acids is 2. The van der Waals surface area contributed by atoms with E-state index in [2.05, 4.69) is 5.32 Å². The molecule has 0 aliphatic heterocycles. The van der Waals surface area contributed by atoms with E-state index in [1.54, 1.807) is 43.3 Å². The zero-order valence-corrected chi connectivity index (χ0v) is 21.9. The molecule has 0 radical (unpaired) electrons. The SMILES string of the molecule is Cc1cccc(N(CC(=O)N(Cc2ccccc2)[C@@H](C)C(=O)NC(C)C)S(=O)(=O)c2ccccc2)c1. The van der Waals surface area contributed by atoms with Crippen LogP contribution in [-0.4, -0.2) is 43.8 Å². The fraction of sp³-hybridized carbons (Fsp3) is 0.286. The predicted molar refractivity (Wildman–Crippen MR) is 142 cm³/mol. The molecule has 0 unspecified atom stereocenters. The van der Waals surface area contributed by atoms with Gasteiger partial charge in [0.15, 0.2) is 0 Å². The molecule has 36 heavy (non-hydrogen) atoms. The third kappa shape index (κ3) is 6.73. The molecule has 0 saturated carbocycles. The van der Waals surface area contributed by atoms with Gasteiger partial charge in [0.05, 0.1) is 10.6 Å². The normalized spacial score (nSPS) is 12.1. The lowest BCUT2D eigenvalue weighted by molar-refractivity contribution is -0.139. The number of nitrogens with zero attached hydrogens (tertiary/aromatic N) is 2. The van der Waals surface area contributed by atoms with Crippen molar-refractivity contribution in [1.29, 1.82) is 0 Å². The van der Waals surface area contributed by atoms with E-state index in [1.807, 2.05) is 57.2 Å². The summed E-state index contributed by atoms with van der Waals surface area (Å²) >= 11 is 0. The van der Waals surface area contributed by atoms with Crippen molar-refractivity contribution in [3.63, 3.8) is 0 Å². The van der Waals surface area contributed by atoms with Crippen LogP contribution in [0.4, 0.5) is 5.69 Å². The van der Waals surface area contributed by atoms with Crippen LogP contribution in [0, 0.1) is 6.92 Å². The first-order valence-electron chi connectivity index (χ1n) is 11.9. The summed E-state index contributed by atoms with van der Waals surface area (Å²) in [4.78, 5) is 28.1. The van der Waals surface area contributed by atoms with Gasteiger partial charge in [-0.1, -0.05) is 60.7 Å². The molecule has 0 spiro atoms. The average molecular weight is 508 g/mol. The Hall–Kier alpha value is -3.65. The predicted octanol–water partition coefficient (Wildman–Crippen LogP) is 4.13. The third-order valence-corrected chi connectivity index (χ3v) is 7.48. The number of rotatable bonds is 10. The van der Waals surface area contributed by atoms with Crippen LogP contribution in [-0.2, 0) is 26.2 Å². The van der Waals surface area contributed by atoms with E-state index in [4.69, 9.17) is 0 Å². The molecule has 3 aromatic carbocycles. The molecule has 190 valence electrons. The number of hydrogen-bond donors (Lipinski definition) is 1. The Labute approximate surface area is 213 Å². The van der Waals surface area contributed by atoms with Crippen LogP contribution in [0.15, 0.2) is 89.8 Å². The Morgan fingerprint density at radius 3 is 2.06 bits per heavy atom. The second-order valence-corrected chi connectivity index (χ2v) is 10.9. The van der Waals surface area contributed by atoms with Crippen LogP contribution in [0.25, 0.3) is 0 Å². The van der Waals surface area contributed by atoms with Crippen molar-refractivity contribution in [1.82, 2.24) is 10.2 Å². The fourth-order valence-corrected chi connectivity index (χ4v) is 5.23. The Bertz CT molecular complexity index is 1280. The first-order valence-corrected chi connectivity index (χ1v) is 13.3. The number of sulfonamides is 1. The molecule has 8 heteroatoms. The summed E-state index contributed by atoms with van der Waals surface area (Å²) in [5.41, 5.74) is 2.08. The molecule has 7 nitrogen and oxygen atoms in total. The van der Waals surface area contributed by atoms with Gasteiger partial charge in [-0.25, -0.2) is 8.42 Å². The summed E-state index contributed by atoms with van der Waals surface area (Å²) in [6.45, 7) is 6.92. The molecule has 0 bridgehead atoms. The number of carbonyl (C=O) groups is 2. The van der Waals surface area contributed by atoms with E-state index < -0.39 is 28.5 Å². The highest BCUT2D eigenvalue weighted by molar-refractivity contribution is 7.92. The smallest absolute Gasteiger partial charge is 0.264 e. The summed E-state index contributed by atoms with van der Waals surface area (Å²) in [5.74, 6) is -0.784. The number of anilines is 1. The minimum Gasteiger partial charge on any atom is -0.352 e. The molecule has 0 fully saturated rings. The molecule has 1 N–H and O–H groups in total. The van der Waals surface area contributed by atoms with Gasteiger partial charge < -0.3 is 10.2 Å². The van der Waals surface area contributed by atoms with Gasteiger partial charge in [0.2, 0.25) is 11.8 Å². The first-order chi connectivity index (χ1) is 17.1. The Kier molecular flexibility index (Phi) is 8.88. The maximum Gasteiger partial charge on any atom is 0.264 e. The maximum absolute atomic E-state index is 13.8. The molecule has 2 amide bonds. The maximum atomic E-state index is 13.8. The number of hydrogen-bond acceptors (Lipinski definition) is 4. The van der Waals surface area contributed by atoms with Crippen LogP contribution >= 0.6 is 0 Å². The lowest BCUT2D eigenvalue weighted by Gasteiger charge is -2.32. The van der Waals surface area contributed by atoms with E-state index in [9.17, 15) is 18.0 Å². The second-order valence-electron chi connectivity index (χ2n) is 9.01. The van der Waals surface area contributed by atoms with Crippen LogP contribution in [0.5, 0.6) is 0 Å². The van der Waals surface area contributed by atoms with E-state index >= 15 is 0 Å². The molecule has 0 aliphatic carbocycles. The zero-order chi connectivity index (χ0) is 26.3. The van der Waals surface area contributed by atoms with Crippen molar-refractivity contribution < 1.29 is 18.0 Å². The van der Waals surface area contributed by atoms with E-state index in [1.165, 1.54) is 17.0 Å². The van der Waals surface area contributed by atoms with Gasteiger partial charge in [-0.2, -0.15) is 0 Å². The number of benzene rings is 3. The van der Waals surface area contributed by atoms with Crippen LogP contribution < -0.4 is 9.62 Å². The summed E-state index contributed by atoms with van der Waals surface area (Å²) in [5, 5.41) is 2.85. The highest BCUT2D eigenvalue weighted by atomic mass is 32.2. The molecule has 3 rings (SSSR count). The summed E-state index contributed by atoms with van der Waals surface area (Å²) in [6, 6.07) is 23.4. The summed E-state index contributed by atoms with van der Waals surface area (Å²) in [6.07, 6.45) is 0. The third-order valence-electron chi connectivity index (χ3n) is 5.69. The highest BCUT2D eigenvalue weighted by Gasteiger charge is 2.32. The van der Waals surface area contributed by atoms with Crippen LogP contribution in [0.1, 0.15) is 31.9 Å². The largest absolute Gasteiger partial charge is 0.352 e.